The van der Waals surface area contributed by atoms with Crippen LogP contribution in [0.2, 0.25) is 0 Å². The van der Waals surface area contributed by atoms with Crippen molar-refractivity contribution >= 4 is 11.8 Å². The molecule has 3 heterocycles. The van der Waals surface area contributed by atoms with Crippen molar-refractivity contribution in [3.63, 3.8) is 0 Å². The third kappa shape index (κ3) is 2.11. The van der Waals surface area contributed by atoms with Crippen molar-refractivity contribution in [3.8, 4) is 0 Å². The van der Waals surface area contributed by atoms with Crippen LogP contribution >= 0.6 is 0 Å². The van der Waals surface area contributed by atoms with Gasteiger partial charge in [0.2, 0.25) is 5.91 Å². The van der Waals surface area contributed by atoms with Crippen LogP contribution in [0.3, 0.4) is 0 Å². The molecule has 0 bridgehead atoms. The first-order chi connectivity index (χ1) is 10.8. The lowest BCUT2D eigenvalue weighted by molar-refractivity contribution is -0.136. The van der Waals surface area contributed by atoms with E-state index in [0.29, 0.717) is 24.2 Å². The molecule has 3 aliphatic heterocycles. The Bertz CT molecular complexity index is 616. The van der Waals surface area contributed by atoms with Crippen molar-refractivity contribution in [1.29, 1.82) is 0 Å². The molecule has 1 aromatic rings. The van der Waals surface area contributed by atoms with Crippen molar-refractivity contribution in [2.75, 3.05) is 19.6 Å². The van der Waals surface area contributed by atoms with E-state index in [-0.39, 0.29) is 17.7 Å². The lowest BCUT2D eigenvalue weighted by Gasteiger charge is -2.40. The van der Waals surface area contributed by atoms with Gasteiger partial charge in [0.25, 0.3) is 5.91 Å². The van der Waals surface area contributed by atoms with Crippen molar-refractivity contribution in [3.05, 3.63) is 35.4 Å². The molecular formula is C17H21N3O2. The van der Waals surface area contributed by atoms with Crippen LogP contribution in [-0.4, -0.2) is 48.4 Å². The number of carbonyl (C=O) groups is 2. The Morgan fingerprint density at radius 1 is 1.23 bits per heavy atom. The number of carbonyl (C=O) groups excluding carboxylic acids is 2. The number of benzene rings is 1. The zero-order valence-corrected chi connectivity index (χ0v) is 12.5. The summed E-state index contributed by atoms with van der Waals surface area (Å²) in [7, 11) is 0. The molecule has 0 radical (unpaired) electrons. The molecule has 2 N–H and O–H groups in total. The molecule has 1 unspecified atom stereocenters. The van der Waals surface area contributed by atoms with E-state index >= 15 is 0 Å². The molecule has 3 aliphatic rings. The van der Waals surface area contributed by atoms with Gasteiger partial charge in [-0.25, -0.2) is 0 Å². The molecule has 5 nitrogen and oxygen atoms in total. The van der Waals surface area contributed by atoms with Gasteiger partial charge < -0.3 is 15.5 Å². The largest absolute Gasteiger partial charge is 0.351 e. The van der Waals surface area contributed by atoms with Gasteiger partial charge in [-0.05, 0) is 37.4 Å². The van der Waals surface area contributed by atoms with Crippen molar-refractivity contribution in [2.24, 2.45) is 0 Å². The molecule has 0 spiro atoms. The molecule has 2 saturated heterocycles. The molecule has 0 aliphatic carbocycles. The lowest BCUT2D eigenvalue weighted by atomic mass is 9.87. The van der Waals surface area contributed by atoms with E-state index in [9.17, 15) is 9.59 Å². The minimum Gasteiger partial charge on any atom is -0.351 e. The quantitative estimate of drug-likeness (QED) is 0.809. The van der Waals surface area contributed by atoms with Gasteiger partial charge in [0.15, 0.2) is 0 Å². The summed E-state index contributed by atoms with van der Waals surface area (Å²) in [6.45, 7) is 2.25. The van der Waals surface area contributed by atoms with Crippen LogP contribution < -0.4 is 10.6 Å². The Morgan fingerprint density at radius 3 is 3.00 bits per heavy atom. The van der Waals surface area contributed by atoms with E-state index in [4.69, 9.17) is 0 Å². The highest BCUT2D eigenvalue weighted by molar-refractivity contribution is 6.00. The molecule has 22 heavy (non-hydrogen) atoms. The summed E-state index contributed by atoms with van der Waals surface area (Å²) in [5, 5.41) is 6.37. The van der Waals surface area contributed by atoms with Gasteiger partial charge in [-0.1, -0.05) is 18.2 Å². The number of rotatable bonds is 1. The highest BCUT2D eigenvalue weighted by Gasteiger charge is 2.41. The zero-order valence-electron chi connectivity index (χ0n) is 12.5. The monoisotopic (exact) mass is 299 g/mol. The number of amides is 2. The van der Waals surface area contributed by atoms with Crippen LogP contribution in [0.5, 0.6) is 0 Å². The summed E-state index contributed by atoms with van der Waals surface area (Å²) in [5.41, 5.74) is 1.52. The number of fused-ring (bicyclic) bond motifs is 2. The predicted molar refractivity (Wildman–Crippen MR) is 82.7 cm³/mol. The Kier molecular flexibility index (Phi) is 3.37. The highest BCUT2D eigenvalue weighted by Crippen LogP contribution is 2.31. The van der Waals surface area contributed by atoms with E-state index in [1.165, 1.54) is 0 Å². The van der Waals surface area contributed by atoms with Crippen molar-refractivity contribution < 1.29 is 9.59 Å². The second-order valence-electron chi connectivity index (χ2n) is 6.44. The summed E-state index contributed by atoms with van der Waals surface area (Å²) in [6, 6.07) is 8.26. The first-order valence-corrected chi connectivity index (χ1v) is 8.16. The van der Waals surface area contributed by atoms with E-state index in [2.05, 4.69) is 15.5 Å². The number of piperidine rings is 1. The number of hydrogen-bond acceptors (Lipinski definition) is 3. The summed E-state index contributed by atoms with van der Waals surface area (Å²) < 4.78 is 0. The summed E-state index contributed by atoms with van der Waals surface area (Å²) in [6.07, 6.45) is 3.25. The van der Waals surface area contributed by atoms with Crippen LogP contribution in [0.1, 0.15) is 41.1 Å². The van der Waals surface area contributed by atoms with Gasteiger partial charge in [0.05, 0.1) is 5.92 Å². The standard InChI is InChI=1S/C17H21N3O2/c21-16-12-5-2-1-4-11(12)13(10-19-16)17(22)20-9-3-6-14-15(20)7-8-18-14/h1-2,4-5,13-15,18H,3,6-10H2,(H,19,21)/t13?,14-,15-/m0/s1. The number of hydrogen-bond donors (Lipinski definition) is 2. The molecule has 116 valence electrons. The maximum atomic E-state index is 13.1. The third-order valence-corrected chi connectivity index (χ3v) is 5.25. The van der Waals surface area contributed by atoms with Crippen LogP contribution in [0.4, 0.5) is 0 Å². The van der Waals surface area contributed by atoms with Crippen LogP contribution in [0, 0.1) is 0 Å². The maximum Gasteiger partial charge on any atom is 0.251 e. The van der Waals surface area contributed by atoms with Gasteiger partial charge in [-0.2, -0.15) is 0 Å². The number of nitrogens with one attached hydrogen (secondary N) is 2. The first kappa shape index (κ1) is 13.8. The lowest BCUT2D eigenvalue weighted by Crippen LogP contribution is -2.54. The second kappa shape index (κ2) is 5.39. The molecule has 1 aromatic carbocycles. The molecule has 0 saturated carbocycles. The molecular weight excluding hydrogens is 278 g/mol. The Hall–Kier alpha value is -1.88. The van der Waals surface area contributed by atoms with Gasteiger partial charge >= 0.3 is 0 Å². The Labute approximate surface area is 130 Å². The topological polar surface area (TPSA) is 61.4 Å². The fourth-order valence-electron chi connectivity index (χ4n) is 4.17. The van der Waals surface area contributed by atoms with Gasteiger partial charge in [0, 0.05) is 30.7 Å². The first-order valence-electron chi connectivity index (χ1n) is 8.16. The molecule has 5 heteroatoms. The molecule has 4 rings (SSSR count). The van der Waals surface area contributed by atoms with E-state index < -0.39 is 0 Å². The molecule has 2 fully saturated rings. The minimum absolute atomic E-state index is 0.0706. The average Bonchev–Trinajstić information content (AvgIpc) is 3.03. The summed E-state index contributed by atoms with van der Waals surface area (Å²) >= 11 is 0. The average molecular weight is 299 g/mol. The molecule has 2 amide bonds. The summed E-state index contributed by atoms with van der Waals surface area (Å²) in [5.74, 6) is -0.141. The van der Waals surface area contributed by atoms with Crippen LogP contribution in [-0.2, 0) is 4.79 Å². The Balaban J connectivity index is 1.63. The zero-order chi connectivity index (χ0) is 15.1. The van der Waals surface area contributed by atoms with Crippen LogP contribution in [0.15, 0.2) is 24.3 Å². The SMILES string of the molecule is O=C1NCC(C(=O)N2CCC[C@@H]3NCC[C@@H]32)c2ccccc21. The van der Waals surface area contributed by atoms with Crippen LogP contribution in [0.25, 0.3) is 0 Å². The molecule has 0 aromatic heterocycles. The number of nitrogens with zero attached hydrogens (tertiary/aromatic N) is 1. The molecule has 3 atom stereocenters. The minimum atomic E-state index is -0.242. The van der Waals surface area contributed by atoms with Gasteiger partial charge in [0.1, 0.15) is 0 Å². The third-order valence-electron chi connectivity index (χ3n) is 5.25. The van der Waals surface area contributed by atoms with Gasteiger partial charge in [-0.15, -0.1) is 0 Å². The maximum absolute atomic E-state index is 13.1. The predicted octanol–water partition coefficient (Wildman–Crippen LogP) is 0.867. The van der Waals surface area contributed by atoms with Gasteiger partial charge in [-0.3, -0.25) is 9.59 Å². The smallest absolute Gasteiger partial charge is 0.251 e. The Morgan fingerprint density at radius 2 is 2.09 bits per heavy atom. The number of likely N-dealkylation sites (tertiary alicyclic amines) is 1. The fraction of sp³-hybridized carbons (Fsp3) is 0.529. The normalized spacial score (nSPS) is 30.5. The second-order valence-corrected chi connectivity index (χ2v) is 6.44. The van der Waals surface area contributed by atoms with E-state index in [1.54, 1.807) is 6.07 Å². The van der Waals surface area contributed by atoms with Crippen molar-refractivity contribution in [2.45, 2.75) is 37.3 Å². The fourth-order valence-corrected chi connectivity index (χ4v) is 4.17. The van der Waals surface area contributed by atoms with E-state index in [0.717, 1.165) is 37.9 Å². The summed E-state index contributed by atoms with van der Waals surface area (Å²) in [4.78, 5) is 27.1. The van der Waals surface area contributed by atoms with Crippen molar-refractivity contribution in [1.82, 2.24) is 15.5 Å². The highest BCUT2D eigenvalue weighted by atomic mass is 16.2. The van der Waals surface area contributed by atoms with E-state index in [1.807, 2.05) is 18.2 Å².